The van der Waals surface area contributed by atoms with Gasteiger partial charge in [-0.1, -0.05) is 55.9 Å². The minimum absolute atomic E-state index is 0.0144. The van der Waals surface area contributed by atoms with Crippen LogP contribution in [-0.4, -0.2) is 14.5 Å². The third-order valence-electron chi connectivity index (χ3n) is 5.87. The summed E-state index contributed by atoms with van der Waals surface area (Å²) in [7, 11) is 0. The summed E-state index contributed by atoms with van der Waals surface area (Å²) >= 11 is 0. The van der Waals surface area contributed by atoms with Crippen LogP contribution in [0.25, 0.3) is 0 Å². The smallest absolute Gasteiger partial charge is 0.416 e. The molecule has 2 aromatic rings. The molecule has 0 unspecified atom stereocenters. The number of hydrogen-bond donors (Lipinski definition) is 1. The number of alkyl halides is 3. The predicted molar refractivity (Wildman–Crippen MR) is 108 cm³/mol. The largest absolute Gasteiger partial charge is 0.421 e. The third-order valence-corrected chi connectivity index (χ3v) is 5.87. The van der Waals surface area contributed by atoms with Crippen LogP contribution >= 0.6 is 0 Å². The molecule has 1 saturated carbocycles. The molecule has 31 heavy (non-hydrogen) atoms. The lowest BCUT2D eigenvalue weighted by molar-refractivity contribution is -0.137. The first-order valence-electron chi connectivity index (χ1n) is 10.5. The molecule has 1 aromatic heterocycles. The second kappa shape index (κ2) is 9.72. The lowest BCUT2D eigenvalue weighted by Gasteiger charge is -2.24. The summed E-state index contributed by atoms with van der Waals surface area (Å²) in [5, 5.41) is 9.96. The highest BCUT2D eigenvalue weighted by atomic mass is 19.4. The Hall–Kier alpha value is -2.55. The molecule has 6 nitrogen and oxygen atoms in total. The van der Waals surface area contributed by atoms with Crippen LogP contribution in [-0.2, 0) is 37.1 Å². The van der Waals surface area contributed by atoms with Gasteiger partial charge in [-0.2, -0.15) is 13.2 Å². The molecule has 0 atom stereocenters. The molecule has 0 aliphatic heterocycles. The van der Waals surface area contributed by atoms with Gasteiger partial charge >= 0.3 is 11.9 Å². The predicted octanol–water partition coefficient (Wildman–Crippen LogP) is 4.13. The Kier molecular flexibility index (Phi) is 7.25. The van der Waals surface area contributed by atoms with Crippen LogP contribution in [0.15, 0.2) is 33.9 Å². The van der Waals surface area contributed by atoms with E-state index < -0.39 is 23.0 Å². The van der Waals surface area contributed by atoms with Crippen LogP contribution in [0, 0.1) is 5.92 Å². The first-order valence-corrected chi connectivity index (χ1v) is 10.5. The van der Waals surface area contributed by atoms with Gasteiger partial charge in [-0.3, -0.25) is 9.36 Å². The van der Waals surface area contributed by atoms with Crippen LogP contribution < -0.4 is 11.2 Å². The molecule has 1 fully saturated rings. The fraction of sp³-hybridized carbons (Fsp3) is 0.545. The van der Waals surface area contributed by atoms with Gasteiger partial charge < -0.3 is 9.94 Å². The molecule has 1 N–H and O–H groups in total. The first kappa shape index (κ1) is 23.1. The van der Waals surface area contributed by atoms with Crippen molar-refractivity contribution in [2.45, 2.75) is 71.4 Å². The quantitative estimate of drug-likeness (QED) is 0.658. The average Bonchev–Trinajstić information content (AvgIpc) is 2.75. The molecule has 170 valence electrons. The van der Waals surface area contributed by atoms with Crippen molar-refractivity contribution in [1.82, 2.24) is 9.30 Å². The van der Waals surface area contributed by atoms with Crippen LogP contribution in [0.2, 0.25) is 0 Å². The van der Waals surface area contributed by atoms with E-state index in [9.17, 15) is 28.0 Å². The molecule has 1 aliphatic carbocycles. The Morgan fingerprint density at radius 1 is 1.10 bits per heavy atom. The minimum atomic E-state index is -4.41. The molecule has 0 radical (unpaired) electrons. The first-order chi connectivity index (χ1) is 14.7. The number of hydrogen-bond acceptors (Lipinski definition) is 4. The van der Waals surface area contributed by atoms with Crippen LogP contribution in [0.1, 0.15) is 61.4 Å². The van der Waals surface area contributed by atoms with E-state index in [0.717, 1.165) is 37.8 Å². The molecule has 3 rings (SSSR count). The number of aromatic nitrogens is 2. The number of benzene rings is 1. The van der Waals surface area contributed by atoms with E-state index in [1.54, 1.807) is 6.92 Å². The molecule has 0 bridgehead atoms. The lowest BCUT2D eigenvalue weighted by atomic mass is 9.85. The van der Waals surface area contributed by atoms with E-state index in [1.165, 1.54) is 23.1 Å². The van der Waals surface area contributed by atoms with Gasteiger partial charge in [0.1, 0.15) is 6.73 Å². The number of nitrogens with zero attached hydrogens (tertiary/aromatic N) is 2. The summed E-state index contributed by atoms with van der Waals surface area (Å²) in [4.78, 5) is 25.0. The molecular formula is C22H27F3N2O4. The van der Waals surface area contributed by atoms with Crippen molar-refractivity contribution in [2.24, 2.45) is 5.92 Å². The molecule has 0 amide bonds. The van der Waals surface area contributed by atoms with Crippen LogP contribution in [0.5, 0.6) is 0 Å². The average molecular weight is 440 g/mol. The molecule has 1 aliphatic rings. The van der Waals surface area contributed by atoms with Crippen molar-refractivity contribution in [3.8, 4) is 0 Å². The highest BCUT2D eigenvalue weighted by molar-refractivity contribution is 5.24. The number of rotatable bonds is 7. The van der Waals surface area contributed by atoms with Crippen molar-refractivity contribution < 1.29 is 23.1 Å². The fourth-order valence-electron chi connectivity index (χ4n) is 4.16. The summed E-state index contributed by atoms with van der Waals surface area (Å²) in [6.45, 7) is 1.56. The van der Waals surface area contributed by atoms with Gasteiger partial charge in [-0.15, -0.1) is 0 Å². The molecule has 1 heterocycles. The molecule has 0 spiro atoms. The summed E-state index contributed by atoms with van der Waals surface area (Å²) in [5.41, 5.74) is -0.865. The van der Waals surface area contributed by atoms with Gasteiger partial charge in [0.25, 0.3) is 5.56 Å². The third kappa shape index (κ3) is 5.39. The van der Waals surface area contributed by atoms with Crippen LogP contribution in [0.4, 0.5) is 13.2 Å². The Balaban J connectivity index is 1.81. The van der Waals surface area contributed by atoms with E-state index >= 15 is 0 Å². The van der Waals surface area contributed by atoms with Gasteiger partial charge in [-0.05, 0) is 36.5 Å². The Morgan fingerprint density at radius 3 is 2.32 bits per heavy atom. The normalized spacial score (nSPS) is 15.4. The van der Waals surface area contributed by atoms with E-state index in [-0.39, 0.29) is 18.1 Å². The molecule has 9 heteroatoms. The fourth-order valence-corrected chi connectivity index (χ4v) is 4.16. The summed E-state index contributed by atoms with van der Waals surface area (Å²) in [5.74, 6) is 0.355. The lowest BCUT2D eigenvalue weighted by Crippen LogP contribution is -2.43. The van der Waals surface area contributed by atoms with E-state index in [4.69, 9.17) is 4.74 Å². The van der Waals surface area contributed by atoms with Gasteiger partial charge in [0.2, 0.25) is 0 Å². The maximum atomic E-state index is 12.7. The van der Waals surface area contributed by atoms with Gasteiger partial charge in [-0.25, -0.2) is 4.79 Å². The molecular weight excluding hydrogens is 413 g/mol. The Labute approximate surface area is 177 Å². The van der Waals surface area contributed by atoms with Crippen molar-refractivity contribution in [3.63, 3.8) is 0 Å². The van der Waals surface area contributed by atoms with Gasteiger partial charge in [0.05, 0.1) is 12.2 Å². The standard InChI is InChI=1S/C22H27F3N2O4/c1-2-18-19(12-15-6-4-3-5-7-15)26(21(29)27(30)20(18)28)14-31-13-16-8-10-17(11-9-16)22(23,24)25/h8-11,15,30H,2-7,12-14H2,1H3. The van der Waals surface area contributed by atoms with Gasteiger partial charge in [0, 0.05) is 11.3 Å². The van der Waals surface area contributed by atoms with Crippen molar-refractivity contribution in [1.29, 1.82) is 0 Å². The second-order valence-corrected chi connectivity index (χ2v) is 7.99. The SMILES string of the molecule is CCc1c(CC2CCCCC2)n(COCc2ccc(C(F)(F)F)cc2)c(=O)n(O)c1=O. The zero-order valence-electron chi connectivity index (χ0n) is 17.5. The summed E-state index contributed by atoms with van der Waals surface area (Å²) < 4.78 is 45.0. The van der Waals surface area contributed by atoms with Crippen molar-refractivity contribution in [2.75, 3.05) is 0 Å². The maximum absolute atomic E-state index is 12.7. The molecule has 1 aromatic carbocycles. The highest BCUT2D eigenvalue weighted by Crippen LogP contribution is 2.29. The van der Waals surface area contributed by atoms with Crippen molar-refractivity contribution >= 4 is 0 Å². The summed E-state index contributed by atoms with van der Waals surface area (Å²) in [6, 6.07) is 4.59. The molecule has 0 saturated heterocycles. The zero-order chi connectivity index (χ0) is 22.6. The Morgan fingerprint density at radius 2 is 1.74 bits per heavy atom. The minimum Gasteiger partial charge on any atom is -0.421 e. The Bertz CT molecular complexity index is 1000. The maximum Gasteiger partial charge on any atom is 0.416 e. The van der Waals surface area contributed by atoms with Crippen molar-refractivity contribution in [3.05, 3.63) is 67.5 Å². The van der Waals surface area contributed by atoms with E-state index in [0.29, 0.717) is 35.6 Å². The summed E-state index contributed by atoms with van der Waals surface area (Å²) in [6.07, 6.45) is 1.94. The number of halogens is 3. The monoisotopic (exact) mass is 440 g/mol. The number of ether oxygens (including phenoxy) is 1. The topological polar surface area (TPSA) is 73.5 Å². The van der Waals surface area contributed by atoms with Gasteiger partial charge in [0.15, 0.2) is 0 Å². The van der Waals surface area contributed by atoms with Crippen LogP contribution in [0.3, 0.4) is 0 Å². The second-order valence-electron chi connectivity index (χ2n) is 7.99. The highest BCUT2D eigenvalue weighted by Gasteiger charge is 2.30. The zero-order valence-corrected chi connectivity index (χ0v) is 17.5. The van der Waals surface area contributed by atoms with E-state index in [1.807, 2.05) is 0 Å². The van der Waals surface area contributed by atoms with E-state index in [2.05, 4.69) is 0 Å².